The highest BCUT2D eigenvalue weighted by Gasteiger charge is 2.19. The molecule has 3 aromatic carbocycles. The third-order valence-corrected chi connectivity index (χ3v) is 4.76. The molecule has 0 aliphatic rings. The van der Waals surface area contributed by atoms with Gasteiger partial charge in [0.25, 0.3) is 0 Å². The van der Waals surface area contributed by atoms with Gasteiger partial charge in [-0.3, -0.25) is 4.99 Å². The smallest absolute Gasteiger partial charge is 0.143 e. The van der Waals surface area contributed by atoms with Crippen LogP contribution in [-0.4, -0.2) is 5.71 Å². The van der Waals surface area contributed by atoms with Crippen LogP contribution < -0.4 is 0 Å². The molecule has 0 N–H and O–H groups in total. The van der Waals surface area contributed by atoms with Crippen molar-refractivity contribution in [1.29, 1.82) is 5.26 Å². The summed E-state index contributed by atoms with van der Waals surface area (Å²) in [7, 11) is 0. The molecule has 0 saturated heterocycles. The fourth-order valence-corrected chi connectivity index (χ4v) is 3.28. The molecule has 0 saturated carbocycles. The first kappa shape index (κ1) is 18.9. The van der Waals surface area contributed by atoms with Crippen LogP contribution >= 0.6 is 11.6 Å². The summed E-state index contributed by atoms with van der Waals surface area (Å²) in [6, 6.07) is 27.7. The van der Waals surface area contributed by atoms with Gasteiger partial charge in [-0.15, -0.1) is 0 Å². The summed E-state index contributed by atoms with van der Waals surface area (Å²) in [5, 5.41) is 10.4. The highest BCUT2D eigenvalue weighted by Crippen LogP contribution is 2.32. The van der Waals surface area contributed by atoms with Crippen LogP contribution in [0.25, 0.3) is 0 Å². The van der Waals surface area contributed by atoms with Gasteiger partial charge in [-0.1, -0.05) is 92.2 Å². The summed E-state index contributed by atoms with van der Waals surface area (Å²) in [5.74, 6) is 0.365. The maximum absolute atomic E-state index is 9.76. The van der Waals surface area contributed by atoms with Gasteiger partial charge in [0.2, 0.25) is 0 Å². The number of nitriles is 1. The maximum Gasteiger partial charge on any atom is 0.143 e. The highest BCUT2D eigenvalue weighted by atomic mass is 35.5. The molecule has 134 valence electrons. The minimum Gasteiger partial charge on any atom is -0.261 e. The van der Waals surface area contributed by atoms with Crippen molar-refractivity contribution in [1.82, 2.24) is 0 Å². The summed E-state index contributed by atoms with van der Waals surface area (Å²) in [6.07, 6.45) is 0. The van der Waals surface area contributed by atoms with E-state index in [0.29, 0.717) is 16.7 Å². The summed E-state index contributed by atoms with van der Waals surface area (Å²) in [4.78, 5) is 4.89. The molecule has 27 heavy (non-hydrogen) atoms. The van der Waals surface area contributed by atoms with E-state index in [1.807, 2.05) is 36.4 Å². The van der Waals surface area contributed by atoms with Crippen molar-refractivity contribution in [2.24, 2.45) is 4.99 Å². The van der Waals surface area contributed by atoms with Crippen LogP contribution in [0.15, 0.2) is 83.9 Å². The molecule has 0 spiro atoms. The molecule has 3 aromatic rings. The van der Waals surface area contributed by atoms with E-state index >= 15 is 0 Å². The Labute approximate surface area is 165 Å². The number of nitrogens with zero attached hydrogens (tertiary/aromatic N) is 2. The van der Waals surface area contributed by atoms with Gasteiger partial charge in [-0.2, -0.15) is 5.26 Å². The number of benzene rings is 3. The molecule has 0 radical (unpaired) electrons. The average molecular weight is 373 g/mol. The van der Waals surface area contributed by atoms with E-state index in [9.17, 15) is 5.26 Å². The Bertz CT molecular complexity index is 967. The molecule has 3 heteroatoms. The second kappa shape index (κ2) is 8.66. The van der Waals surface area contributed by atoms with E-state index in [1.165, 1.54) is 5.56 Å². The molecule has 0 aliphatic carbocycles. The van der Waals surface area contributed by atoms with E-state index in [-0.39, 0.29) is 6.04 Å². The first-order chi connectivity index (χ1) is 13.1. The van der Waals surface area contributed by atoms with E-state index in [4.69, 9.17) is 16.6 Å². The SMILES string of the molecule is CC(C)c1ccccc1[C@@H](N=C(C#N)c1ccc(Cl)cc1)c1ccccc1. The van der Waals surface area contributed by atoms with Crippen molar-refractivity contribution in [3.05, 3.63) is 106 Å². The molecule has 0 amide bonds. The van der Waals surface area contributed by atoms with Crippen molar-refractivity contribution in [3.8, 4) is 6.07 Å². The maximum atomic E-state index is 9.76. The van der Waals surface area contributed by atoms with E-state index < -0.39 is 0 Å². The molecule has 0 unspecified atom stereocenters. The Morgan fingerprint density at radius 2 is 1.44 bits per heavy atom. The predicted octanol–water partition coefficient (Wildman–Crippen LogP) is 6.57. The van der Waals surface area contributed by atoms with Crippen molar-refractivity contribution >= 4 is 17.3 Å². The summed E-state index contributed by atoms with van der Waals surface area (Å²) < 4.78 is 0. The van der Waals surface area contributed by atoms with E-state index in [0.717, 1.165) is 16.7 Å². The standard InChI is InChI=1S/C24H21ClN2/c1-17(2)21-10-6-7-11-22(21)24(19-8-4-3-5-9-19)27-23(16-26)18-12-14-20(25)15-13-18/h3-15,17,24H,1-2H3/t24-/m0/s1. The first-order valence-electron chi connectivity index (χ1n) is 8.97. The lowest BCUT2D eigenvalue weighted by atomic mass is 9.89. The van der Waals surface area contributed by atoms with Crippen molar-refractivity contribution in [2.45, 2.75) is 25.8 Å². The Balaban J connectivity index is 2.17. The fraction of sp³-hybridized carbons (Fsp3) is 0.167. The second-order valence-corrected chi connectivity index (χ2v) is 7.13. The highest BCUT2D eigenvalue weighted by molar-refractivity contribution is 6.30. The Hall–Kier alpha value is -2.89. The zero-order chi connectivity index (χ0) is 19.2. The van der Waals surface area contributed by atoms with Crippen LogP contribution in [0.2, 0.25) is 5.02 Å². The topological polar surface area (TPSA) is 36.1 Å². The van der Waals surface area contributed by atoms with Gasteiger partial charge in [0.1, 0.15) is 17.8 Å². The zero-order valence-corrected chi connectivity index (χ0v) is 16.2. The number of halogens is 1. The Morgan fingerprint density at radius 3 is 2.04 bits per heavy atom. The van der Waals surface area contributed by atoms with Crippen LogP contribution in [0.4, 0.5) is 0 Å². The minimum absolute atomic E-state index is 0.241. The van der Waals surface area contributed by atoms with Gasteiger partial charge in [0.15, 0.2) is 0 Å². The zero-order valence-electron chi connectivity index (χ0n) is 15.4. The molecule has 0 heterocycles. The molecule has 3 rings (SSSR count). The van der Waals surface area contributed by atoms with Gasteiger partial charge in [-0.05, 0) is 34.7 Å². The van der Waals surface area contributed by atoms with E-state index in [1.54, 1.807) is 12.1 Å². The monoisotopic (exact) mass is 372 g/mol. The van der Waals surface area contributed by atoms with Crippen LogP contribution in [0.1, 0.15) is 48.1 Å². The molecule has 0 aliphatic heterocycles. The summed E-state index contributed by atoms with van der Waals surface area (Å²) in [5.41, 5.74) is 4.60. The minimum atomic E-state index is -0.241. The number of hydrogen-bond acceptors (Lipinski definition) is 2. The van der Waals surface area contributed by atoms with Crippen LogP contribution in [0.5, 0.6) is 0 Å². The molecule has 1 atom stereocenters. The normalized spacial score (nSPS) is 12.6. The van der Waals surface area contributed by atoms with Gasteiger partial charge < -0.3 is 0 Å². The Kier molecular flexibility index (Phi) is 6.06. The molecular weight excluding hydrogens is 352 g/mol. The van der Waals surface area contributed by atoms with Crippen molar-refractivity contribution in [2.75, 3.05) is 0 Å². The number of hydrogen-bond donors (Lipinski definition) is 0. The van der Waals surface area contributed by atoms with Crippen molar-refractivity contribution in [3.63, 3.8) is 0 Å². The van der Waals surface area contributed by atoms with Crippen LogP contribution in [0, 0.1) is 11.3 Å². The quantitative estimate of drug-likeness (QED) is 0.467. The average Bonchev–Trinajstić information content (AvgIpc) is 2.70. The largest absolute Gasteiger partial charge is 0.261 e. The lowest BCUT2D eigenvalue weighted by molar-refractivity contribution is 0.796. The van der Waals surface area contributed by atoms with Gasteiger partial charge in [0.05, 0.1) is 0 Å². The summed E-state index contributed by atoms with van der Waals surface area (Å²) >= 11 is 5.99. The predicted molar refractivity (Wildman–Crippen MR) is 112 cm³/mol. The van der Waals surface area contributed by atoms with Crippen LogP contribution in [-0.2, 0) is 0 Å². The molecule has 0 fully saturated rings. The lowest BCUT2D eigenvalue weighted by Crippen LogP contribution is -2.08. The Morgan fingerprint density at radius 1 is 0.852 bits per heavy atom. The van der Waals surface area contributed by atoms with Crippen molar-refractivity contribution < 1.29 is 0 Å². The third-order valence-electron chi connectivity index (χ3n) is 4.51. The lowest BCUT2D eigenvalue weighted by Gasteiger charge is -2.20. The molecule has 2 nitrogen and oxygen atoms in total. The van der Waals surface area contributed by atoms with Crippen LogP contribution in [0.3, 0.4) is 0 Å². The number of aliphatic imine (C=N–C) groups is 1. The molecular formula is C24H21ClN2. The van der Waals surface area contributed by atoms with Gasteiger partial charge in [0, 0.05) is 10.6 Å². The van der Waals surface area contributed by atoms with Gasteiger partial charge >= 0.3 is 0 Å². The third kappa shape index (κ3) is 4.45. The van der Waals surface area contributed by atoms with E-state index in [2.05, 4.69) is 50.2 Å². The number of rotatable bonds is 5. The molecule has 0 bridgehead atoms. The first-order valence-corrected chi connectivity index (χ1v) is 9.35. The fourth-order valence-electron chi connectivity index (χ4n) is 3.15. The second-order valence-electron chi connectivity index (χ2n) is 6.69. The van der Waals surface area contributed by atoms with Gasteiger partial charge in [-0.25, -0.2) is 0 Å². The molecule has 0 aromatic heterocycles. The summed E-state index contributed by atoms with van der Waals surface area (Å²) in [6.45, 7) is 4.35.